The van der Waals surface area contributed by atoms with Crippen LogP contribution in [0.3, 0.4) is 0 Å². The molecule has 1 aliphatic heterocycles. The average molecular weight is 418 g/mol. The summed E-state index contributed by atoms with van der Waals surface area (Å²) < 4.78 is 10.6. The van der Waals surface area contributed by atoms with Crippen LogP contribution in [-0.2, 0) is 12.0 Å². The Bertz CT molecular complexity index is 979. The lowest BCUT2D eigenvalue weighted by Gasteiger charge is -2.42. The Labute approximate surface area is 174 Å². The molecule has 2 amide bonds. The number of para-hydroxylation sites is 1. The predicted molar refractivity (Wildman–Crippen MR) is 114 cm³/mol. The lowest BCUT2D eigenvalue weighted by molar-refractivity contribution is 0.0999. The second-order valence-corrected chi connectivity index (χ2v) is 9.30. The Balaban J connectivity index is 2.07. The van der Waals surface area contributed by atoms with Crippen LogP contribution in [0.1, 0.15) is 58.9 Å². The molecule has 156 valence electrons. The van der Waals surface area contributed by atoms with Crippen LogP contribution in [0.4, 0.5) is 5.00 Å². The number of fused-ring (bicyclic) bond motifs is 1. The number of anilines is 1. The molecule has 1 aromatic carbocycles. The number of hydrogen-bond donors (Lipinski definition) is 3. The lowest BCUT2D eigenvalue weighted by atomic mass is 9.81. The van der Waals surface area contributed by atoms with Crippen LogP contribution in [0, 0.1) is 0 Å². The summed E-state index contributed by atoms with van der Waals surface area (Å²) in [7, 11) is 2.98. The Morgan fingerprint density at radius 3 is 2.45 bits per heavy atom. The van der Waals surface area contributed by atoms with E-state index in [-0.39, 0.29) is 11.1 Å². The van der Waals surface area contributed by atoms with Gasteiger partial charge in [0.2, 0.25) is 0 Å². The van der Waals surface area contributed by atoms with Gasteiger partial charge in [0.25, 0.3) is 11.8 Å². The smallest absolute Gasteiger partial charge is 0.260 e. The third-order valence-electron chi connectivity index (χ3n) is 4.97. The Morgan fingerprint density at radius 1 is 1.17 bits per heavy atom. The molecule has 8 heteroatoms. The molecule has 0 radical (unpaired) electrons. The number of ether oxygens (including phenoxy) is 2. The molecule has 1 aromatic heterocycles. The first-order chi connectivity index (χ1) is 13.5. The number of nitrogens with one attached hydrogen (secondary N) is 2. The number of carbonyl (C=O) groups excluding carboxylic acids is 2. The molecule has 3 rings (SSSR count). The highest BCUT2D eigenvalue weighted by atomic mass is 32.1. The zero-order valence-corrected chi connectivity index (χ0v) is 18.4. The second kappa shape index (κ2) is 7.35. The van der Waals surface area contributed by atoms with E-state index >= 15 is 0 Å². The molecule has 0 saturated heterocycles. The van der Waals surface area contributed by atoms with E-state index in [0.717, 1.165) is 10.4 Å². The molecule has 0 atom stereocenters. The normalized spacial score (nSPS) is 16.6. The van der Waals surface area contributed by atoms with Gasteiger partial charge in [-0.1, -0.05) is 6.07 Å². The van der Waals surface area contributed by atoms with Gasteiger partial charge in [-0.3, -0.25) is 9.59 Å². The van der Waals surface area contributed by atoms with Crippen LogP contribution in [-0.4, -0.2) is 31.6 Å². The summed E-state index contributed by atoms with van der Waals surface area (Å²) in [5.41, 5.74) is 6.74. The summed E-state index contributed by atoms with van der Waals surface area (Å²) >= 11 is 1.38. The number of methoxy groups -OCH3 is 2. The van der Waals surface area contributed by atoms with Crippen molar-refractivity contribution in [1.29, 1.82) is 0 Å². The first-order valence-electron chi connectivity index (χ1n) is 9.28. The number of nitrogens with two attached hydrogens (primary N) is 1. The zero-order chi connectivity index (χ0) is 21.6. The van der Waals surface area contributed by atoms with Crippen molar-refractivity contribution in [1.82, 2.24) is 5.32 Å². The summed E-state index contributed by atoms with van der Waals surface area (Å²) in [6, 6.07) is 5.06. The highest BCUT2D eigenvalue weighted by molar-refractivity contribution is 7.17. The van der Waals surface area contributed by atoms with Gasteiger partial charge in [0.15, 0.2) is 11.5 Å². The number of thiophene rings is 1. The van der Waals surface area contributed by atoms with Gasteiger partial charge in [0.05, 0.1) is 25.3 Å². The van der Waals surface area contributed by atoms with Crippen molar-refractivity contribution >= 4 is 28.2 Å². The van der Waals surface area contributed by atoms with Crippen LogP contribution < -0.4 is 25.8 Å². The third kappa shape index (κ3) is 3.82. The molecule has 2 heterocycles. The predicted octanol–water partition coefficient (Wildman–Crippen LogP) is 3.28. The van der Waals surface area contributed by atoms with Gasteiger partial charge in [-0.25, -0.2) is 0 Å². The van der Waals surface area contributed by atoms with E-state index < -0.39 is 11.8 Å². The van der Waals surface area contributed by atoms with Gasteiger partial charge in [-0.05, 0) is 51.8 Å². The summed E-state index contributed by atoms with van der Waals surface area (Å²) in [4.78, 5) is 26.4. The van der Waals surface area contributed by atoms with Crippen molar-refractivity contribution in [3.8, 4) is 11.5 Å². The number of benzene rings is 1. The Kier molecular flexibility index (Phi) is 5.36. The average Bonchev–Trinajstić information content (AvgIpc) is 2.97. The van der Waals surface area contributed by atoms with E-state index in [1.165, 1.54) is 25.6 Å². The van der Waals surface area contributed by atoms with Gasteiger partial charge in [0, 0.05) is 16.0 Å². The molecule has 0 saturated carbocycles. The van der Waals surface area contributed by atoms with Crippen LogP contribution in [0.15, 0.2) is 18.2 Å². The molecule has 7 nitrogen and oxygen atoms in total. The van der Waals surface area contributed by atoms with Crippen molar-refractivity contribution in [2.75, 3.05) is 19.5 Å². The van der Waals surface area contributed by atoms with Crippen molar-refractivity contribution in [2.24, 2.45) is 5.73 Å². The van der Waals surface area contributed by atoms with E-state index in [4.69, 9.17) is 15.2 Å². The van der Waals surface area contributed by atoms with Crippen LogP contribution in [0.25, 0.3) is 0 Å². The number of rotatable bonds is 5. The van der Waals surface area contributed by atoms with Gasteiger partial charge >= 0.3 is 0 Å². The lowest BCUT2D eigenvalue weighted by Crippen LogP contribution is -2.55. The third-order valence-corrected chi connectivity index (χ3v) is 6.44. The molecule has 0 bridgehead atoms. The highest BCUT2D eigenvalue weighted by Gasteiger charge is 2.41. The summed E-state index contributed by atoms with van der Waals surface area (Å²) in [5, 5.41) is 6.92. The zero-order valence-electron chi connectivity index (χ0n) is 17.6. The van der Waals surface area contributed by atoms with Crippen LogP contribution in [0.5, 0.6) is 11.5 Å². The first kappa shape index (κ1) is 21.1. The minimum absolute atomic E-state index is 0.209. The van der Waals surface area contributed by atoms with E-state index in [1.54, 1.807) is 18.2 Å². The molecule has 1 aliphatic rings. The quantitative estimate of drug-likeness (QED) is 0.693. The molecule has 2 aromatic rings. The Morgan fingerprint density at radius 2 is 1.86 bits per heavy atom. The van der Waals surface area contributed by atoms with Crippen LogP contribution in [0.2, 0.25) is 0 Å². The first-order valence-corrected chi connectivity index (χ1v) is 10.1. The van der Waals surface area contributed by atoms with Crippen LogP contribution >= 0.6 is 11.3 Å². The molecule has 0 unspecified atom stereocenters. The van der Waals surface area contributed by atoms with Crippen molar-refractivity contribution < 1.29 is 19.1 Å². The fourth-order valence-corrected chi connectivity index (χ4v) is 5.39. The highest BCUT2D eigenvalue weighted by Crippen LogP contribution is 2.45. The van der Waals surface area contributed by atoms with Crippen molar-refractivity contribution in [3.05, 3.63) is 39.8 Å². The number of hydrogen-bond acceptors (Lipinski definition) is 6. The van der Waals surface area contributed by atoms with Gasteiger partial charge in [0.1, 0.15) is 5.00 Å². The maximum Gasteiger partial charge on any atom is 0.260 e. The SMILES string of the molecule is COc1cccc(C(=O)Nc2sc3c(c2C(N)=O)CC(C)(C)NC3(C)C)c1OC. The topological polar surface area (TPSA) is 103 Å². The minimum Gasteiger partial charge on any atom is -0.493 e. The van der Waals surface area contributed by atoms with E-state index in [9.17, 15) is 9.59 Å². The van der Waals surface area contributed by atoms with Gasteiger partial charge in [-0.2, -0.15) is 0 Å². The molecular formula is C21H27N3O4S. The maximum absolute atomic E-state index is 13.0. The number of primary amides is 1. The molecule has 0 spiro atoms. The number of carbonyl (C=O) groups is 2. The van der Waals surface area contributed by atoms with Crippen molar-refractivity contribution in [3.63, 3.8) is 0 Å². The maximum atomic E-state index is 13.0. The fourth-order valence-electron chi connectivity index (χ4n) is 4.11. The molecule has 4 N–H and O–H groups in total. The van der Waals surface area contributed by atoms with E-state index in [1.807, 2.05) is 0 Å². The standard InChI is InChI=1S/C21H27N3O4S/c1-20(2)10-12-14(17(22)25)19(29-16(12)21(3,4)24-20)23-18(26)11-8-7-9-13(27-5)15(11)28-6/h7-9,24H,10H2,1-6H3,(H2,22,25)(H,23,26). The Hall–Kier alpha value is -2.58. The van der Waals surface area contributed by atoms with Crippen molar-refractivity contribution in [2.45, 2.75) is 45.2 Å². The van der Waals surface area contributed by atoms with Gasteiger partial charge in [-0.15, -0.1) is 11.3 Å². The summed E-state index contributed by atoms with van der Waals surface area (Å²) in [6.07, 6.45) is 0.638. The molecular weight excluding hydrogens is 390 g/mol. The fraction of sp³-hybridized carbons (Fsp3) is 0.429. The summed E-state index contributed by atoms with van der Waals surface area (Å²) in [6.45, 7) is 8.29. The monoisotopic (exact) mass is 417 g/mol. The van der Waals surface area contributed by atoms with E-state index in [0.29, 0.717) is 34.0 Å². The largest absolute Gasteiger partial charge is 0.493 e. The molecule has 0 aliphatic carbocycles. The number of amides is 2. The molecule has 0 fully saturated rings. The minimum atomic E-state index is -0.552. The van der Waals surface area contributed by atoms with E-state index in [2.05, 4.69) is 38.3 Å². The summed E-state index contributed by atoms with van der Waals surface area (Å²) in [5.74, 6) is -0.166. The van der Waals surface area contributed by atoms with Gasteiger partial charge < -0.3 is 25.8 Å². The molecule has 29 heavy (non-hydrogen) atoms. The second-order valence-electron chi connectivity index (χ2n) is 8.28.